The maximum absolute atomic E-state index is 14.8. The minimum absolute atomic E-state index is 0.0857. The van der Waals surface area contributed by atoms with Crippen LogP contribution in [-0.4, -0.2) is 84.3 Å². The summed E-state index contributed by atoms with van der Waals surface area (Å²) in [5.74, 6) is -3.21. The molecule has 3 N–H and O–H groups in total. The number of halogens is 2. The summed E-state index contributed by atoms with van der Waals surface area (Å²) in [4.78, 5) is 43.5. The molecule has 4 heterocycles. The Morgan fingerprint density at radius 2 is 1.93 bits per heavy atom. The summed E-state index contributed by atoms with van der Waals surface area (Å²) in [6, 6.07) is 6.68. The first-order chi connectivity index (χ1) is 21.9. The number of piperidine rings is 1. The monoisotopic (exact) mass is 640 g/mol. The second-order valence-electron chi connectivity index (χ2n) is 10.4. The lowest BCUT2D eigenvalue weighted by atomic mass is 10.1. The minimum atomic E-state index is -1.06. The van der Waals surface area contributed by atoms with Gasteiger partial charge in [-0.1, -0.05) is 5.21 Å². The molecule has 0 spiro atoms. The first-order valence-electron chi connectivity index (χ1n) is 14.5. The molecule has 2 saturated heterocycles. The molecule has 2 aliphatic heterocycles. The molecule has 2 fully saturated rings. The van der Waals surface area contributed by atoms with Gasteiger partial charge in [0.05, 0.1) is 24.3 Å². The number of ether oxygens (including phenoxy) is 2. The Morgan fingerprint density at radius 1 is 1.09 bits per heavy atom. The van der Waals surface area contributed by atoms with E-state index in [-0.39, 0.29) is 36.5 Å². The van der Waals surface area contributed by atoms with E-state index >= 15 is 0 Å². The van der Waals surface area contributed by atoms with E-state index in [2.05, 4.69) is 36.1 Å². The standard InChI is InChI=1S/C29H30F2N8O5S/c30-20-3-2-18(22-16-45-29(34-22)38-10-13-43-14-11-38)26(25(20)31)44-12-9-32-7-8-33-17-1-4-21-19(15-17)28(42)39(37-36-21)23-5-6-24(40)35-27(23)41/h1-4,15-16,23,32-33H,5-14H2,(H,35,40,41). The van der Waals surface area contributed by atoms with E-state index in [0.29, 0.717) is 68.4 Å². The molecular weight excluding hydrogens is 610 g/mol. The zero-order valence-electron chi connectivity index (χ0n) is 24.1. The Labute approximate surface area is 259 Å². The Hall–Kier alpha value is -4.54. The van der Waals surface area contributed by atoms with Gasteiger partial charge in [0.1, 0.15) is 18.2 Å². The number of hydrogen-bond acceptors (Lipinski definition) is 12. The topological polar surface area (TPSA) is 153 Å². The quantitative estimate of drug-likeness (QED) is 0.163. The number of aromatic nitrogens is 4. The summed E-state index contributed by atoms with van der Waals surface area (Å²) in [7, 11) is 0. The van der Waals surface area contributed by atoms with Crippen LogP contribution >= 0.6 is 11.3 Å². The molecule has 0 bridgehead atoms. The van der Waals surface area contributed by atoms with Crippen molar-refractivity contribution in [1.29, 1.82) is 0 Å². The van der Waals surface area contributed by atoms with E-state index in [0.717, 1.165) is 15.9 Å². The number of fused-ring (bicyclic) bond motifs is 1. The summed E-state index contributed by atoms with van der Waals surface area (Å²) in [5.41, 5.74) is 1.45. The van der Waals surface area contributed by atoms with Gasteiger partial charge in [-0.15, -0.1) is 16.4 Å². The van der Waals surface area contributed by atoms with Gasteiger partial charge in [-0.3, -0.25) is 19.7 Å². The molecule has 2 aromatic heterocycles. The molecule has 0 saturated carbocycles. The molecule has 13 nitrogen and oxygen atoms in total. The fourth-order valence-corrected chi connectivity index (χ4v) is 5.97. The van der Waals surface area contributed by atoms with Crippen molar-refractivity contribution in [3.63, 3.8) is 0 Å². The first kappa shape index (κ1) is 30.5. The van der Waals surface area contributed by atoms with Crippen LogP contribution in [0.1, 0.15) is 18.9 Å². The van der Waals surface area contributed by atoms with Crippen molar-refractivity contribution >= 4 is 44.9 Å². The normalized spacial score (nSPS) is 17.0. The van der Waals surface area contributed by atoms with Crippen molar-refractivity contribution in [3.8, 4) is 17.0 Å². The van der Waals surface area contributed by atoms with Gasteiger partial charge in [0.2, 0.25) is 11.7 Å². The SMILES string of the molecule is O=C1CCC(n2nnc3ccc(NCCNCCOc4c(-c5csc(N6CCOCC6)n5)ccc(F)c4F)cc3c2=O)C(=O)N1. The van der Waals surface area contributed by atoms with Crippen molar-refractivity contribution in [2.75, 3.05) is 62.8 Å². The van der Waals surface area contributed by atoms with Gasteiger partial charge in [0.15, 0.2) is 16.7 Å². The third-order valence-corrected chi connectivity index (χ3v) is 8.35. The minimum Gasteiger partial charge on any atom is -0.488 e. The summed E-state index contributed by atoms with van der Waals surface area (Å²) in [5, 5.41) is 19.5. The predicted molar refractivity (Wildman–Crippen MR) is 163 cm³/mol. The van der Waals surface area contributed by atoms with Gasteiger partial charge < -0.3 is 25.0 Å². The van der Waals surface area contributed by atoms with Crippen LogP contribution in [0.15, 0.2) is 40.5 Å². The number of carbonyl (C=O) groups excluding carboxylic acids is 2. The zero-order valence-corrected chi connectivity index (χ0v) is 24.9. The van der Waals surface area contributed by atoms with Crippen molar-refractivity contribution in [2.45, 2.75) is 18.9 Å². The molecule has 45 heavy (non-hydrogen) atoms. The Kier molecular flexibility index (Phi) is 9.23. The highest BCUT2D eigenvalue weighted by Gasteiger charge is 2.30. The number of anilines is 2. The lowest BCUT2D eigenvalue weighted by Gasteiger charge is -2.26. The lowest BCUT2D eigenvalue weighted by Crippen LogP contribution is -2.45. The third kappa shape index (κ3) is 6.77. The summed E-state index contributed by atoms with van der Waals surface area (Å²) < 4.78 is 41.0. The van der Waals surface area contributed by atoms with E-state index in [4.69, 9.17) is 9.47 Å². The summed E-state index contributed by atoms with van der Waals surface area (Å²) >= 11 is 1.43. The number of imide groups is 1. The summed E-state index contributed by atoms with van der Waals surface area (Å²) in [6.45, 7) is 4.09. The highest BCUT2D eigenvalue weighted by molar-refractivity contribution is 7.14. The average Bonchev–Trinajstić information content (AvgIpc) is 3.54. The van der Waals surface area contributed by atoms with Crippen LogP contribution in [0, 0.1) is 11.6 Å². The van der Waals surface area contributed by atoms with E-state index in [9.17, 15) is 23.2 Å². The largest absolute Gasteiger partial charge is 0.488 e. The Bertz CT molecular complexity index is 1780. The molecule has 236 valence electrons. The predicted octanol–water partition coefficient (Wildman–Crippen LogP) is 2.09. The maximum Gasteiger partial charge on any atom is 0.278 e. The number of nitrogens with zero attached hydrogens (tertiary/aromatic N) is 5. The molecule has 0 radical (unpaired) electrons. The van der Waals surface area contributed by atoms with Crippen LogP contribution in [0.2, 0.25) is 0 Å². The number of nitrogens with one attached hydrogen (secondary N) is 3. The van der Waals surface area contributed by atoms with E-state index in [1.165, 1.54) is 17.4 Å². The number of amides is 2. The van der Waals surface area contributed by atoms with Crippen LogP contribution in [0.25, 0.3) is 22.2 Å². The van der Waals surface area contributed by atoms with Crippen LogP contribution < -0.4 is 31.1 Å². The number of morpholine rings is 1. The van der Waals surface area contributed by atoms with E-state index in [1.54, 1.807) is 23.6 Å². The molecule has 2 aromatic carbocycles. The Morgan fingerprint density at radius 3 is 2.76 bits per heavy atom. The molecule has 2 aliphatic rings. The molecule has 6 rings (SSSR count). The number of thiazole rings is 1. The summed E-state index contributed by atoms with van der Waals surface area (Å²) in [6.07, 6.45) is 0.286. The fourth-order valence-electron chi connectivity index (χ4n) is 5.09. The second-order valence-corrected chi connectivity index (χ2v) is 11.3. The van der Waals surface area contributed by atoms with Crippen LogP contribution in [0.3, 0.4) is 0 Å². The van der Waals surface area contributed by atoms with Gasteiger partial charge in [-0.25, -0.2) is 9.37 Å². The van der Waals surface area contributed by atoms with Gasteiger partial charge >= 0.3 is 0 Å². The molecule has 0 aliphatic carbocycles. The smallest absolute Gasteiger partial charge is 0.278 e. The molecule has 4 aromatic rings. The van der Waals surface area contributed by atoms with Gasteiger partial charge in [0.25, 0.3) is 11.5 Å². The van der Waals surface area contributed by atoms with Crippen molar-refractivity contribution in [1.82, 2.24) is 30.6 Å². The van der Waals surface area contributed by atoms with Gasteiger partial charge in [-0.2, -0.15) is 9.07 Å². The number of hydrogen-bond donors (Lipinski definition) is 3. The fraction of sp³-hybridized carbons (Fsp3) is 0.379. The Balaban J connectivity index is 1.02. The third-order valence-electron chi connectivity index (χ3n) is 7.44. The van der Waals surface area contributed by atoms with Gasteiger partial charge in [-0.05, 0) is 36.8 Å². The highest BCUT2D eigenvalue weighted by atomic mass is 32.1. The average molecular weight is 641 g/mol. The van der Waals surface area contributed by atoms with Crippen LogP contribution in [0.4, 0.5) is 19.6 Å². The molecular formula is C29H30F2N8O5S. The van der Waals surface area contributed by atoms with Crippen LogP contribution in [-0.2, 0) is 14.3 Å². The molecule has 16 heteroatoms. The number of carbonyl (C=O) groups is 2. The second kappa shape index (κ2) is 13.6. The van der Waals surface area contributed by atoms with Crippen molar-refractivity contribution < 1.29 is 27.8 Å². The van der Waals surface area contributed by atoms with Crippen molar-refractivity contribution in [2.24, 2.45) is 0 Å². The van der Waals surface area contributed by atoms with Gasteiger partial charge in [0, 0.05) is 55.8 Å². The highest BCUT2D eigenvalue weighted by Crippen LogP contribution is 2.36. The number of benzene rings is 2. The maximum atomic E-state index is 14.8. The van der Waals surface area contributed by atoms with E-state index < -0.39 is 29.1 Å². The first-order valence-corrected chi connectivity index (χ1v) is 15.3. The van der Waals surface area contributed by atoms with E-state index in [1.807, 2.05) is 0 Å². The number of rotatable bonds is 11. The molecule has 1 unspecified atom stereocenters. The zero-order chi connectivity index (χ0) is 31.3. The molecule has 1 atom stereocenters. The van der Waals surface area contributed by atoms with Crippen molar-refractivity contribution in [3.05, 3.63) is 57.7 Å². The van der Waals surface area contributed by atoms with Crippen LogP contribution in [0.5, 0.6) is 5.75 Å². The lowest BCUT2D eigenvalue weighted by molar-refractivity contribution is -0.136. The molecule has 2 amide bonds.